The third-order valence-corrected chi connectivity index (χ3v) is 6.27. The van der Waals surface area contributed by atoms with Crippen molar-refractivity contribution >= 4 is 0 Å². The number of methoxy groups -OCH3 is 1. The van der Waals surface area contributed by atoms with E-state index in [2.05, 4.69) is 21.7 Å². The van der Waals surface area contributed by atoms with Crippen molar-refractivity contribution in [2.45, 2.75) is 31.8 Å². The van der Waals surface area contributed by atoms with Gasteiger partial charge in [-0.3, -0.25) is 9.80 Å². The van der Waals surface area contributed by atoms with E-state index < -0.39 is 11.6 Å². The van der Waals surface area contributed by atoms with Gasteiger partial charge in [0, 0.05) is 64.0 Å². The minimum atomic E-state index is -0.833. The van der Waals surface area contributed by atoms with Gasteiger partial charge in [0.2, 0.25) is 0 Å². The maximum atomic E-state index is 14.4. The van der Waals surface area contributed by atoms with E-state index in [1.54, 1.807) is 0 Å². The van der Waals surface area contributed by atoms with Gasteiger partial charge < -0.3 is 14.7 Å². The number of aliphatic hydroxyl groups is 1. The number of piperidine rings is 1. The average Bonchev–Trinajstić information content (AvgIpc) is 2.71. The minimum Gasteiger partial charge on any atom is -0.496 e. The van der Waals surface area contributed by atoms with E-state index >= 15 is 0 Å². The monoisotopic (exact) mass is 397 g/mol. The van der Waals surface area contributed by atoms with E-state index in [1.165, 1.54) is 13.2 Å². The van der Waals surface area contributed by atoms with Crippen LogP contribution in [0.1, 0.15) is 24.8 Å². The van der Waals surface area contributed by atoms with Crippen LogP contribution in [0.2, 0.25) is 0 Å². The second-order valence-electron chi connectivity index (χ2n) is 8.10. The van der Waals surface area contributed by atoms with E-state index in [0.29, 0.717) is 29.8 Å². The summed E-state index contributed by atoms with van der Waals surface area (Å²) in [5, 5.41) is 9.32. The Morgan fingerprint density at radius 3 is 2.57 bits per heavy atom. The summed E-state index contributed by atoms with van der Waals surface area (Å²) in [5.74, 6) is -0.827. The van der Waals surface area contributed by atoms with E-state index in [-0.39, 0.29) is 6.61 Å². The van der Waals surface area contributed by atoms with Crippen LogP contribution in [-0.4, -0.2) is 85.9 Å². The first kappa shape index (κ1) is 21.4. The van der Waals surface area contributed by atoms with Crippen molar-refractivity contribution in [1.82, 2.24) is 14.7 Å². The first-order valence-corrected chi connectivity index (χ1v) is 10.3. The molecule has 3 rings (SSSR count). The molecule has 0 radical (unpaired) electrons. The molecule has 1 aromatic carbocycles. The molecule has 1 aromatic rings. The number of likely N-dealkylation sites (tertiary alicyclic amines) is 1. The Morgan fingerprint density at radius 1 is 1.14 bits per heavy atom. The predicted octanol–water partition coefficient (Wildman–Crippen LogP) is 2.18. The predicted molar refractivity (Wildman–Crippen MR) is 105 cm³/mol. The average molecular weight is 398 g/mol. The van der Waals surface area contributed by atoms with Crippen LogP contribution < -0.4 is 4.74 Å². The topological polar surface area (TPSA) is 39.2 Å². The van der Waals surface area contributed by atoms with Crippen LogP contribution in [0.3, 0.4) is 0 Å². The molecular formula is C21H33F2N3O2. The third-order valence-electron chi connectivity index (χ3n) is 6.27. The van der Waals surface area contributed by atoms with Gasteiger partial charge >= 0.3 is 0 Å². The summed E-state index contributed by atoms with van der Waals surface area (Å²) >= 11 is 0. The van der Waals surface area contributed by atoms with E-state index in [0.717, 1.165) is 64.6 Å². The largest absolute Gasteiger partial charge is 0.496 e. The second-order valence-corrected chi connectivity index (χ2v) is 8.10. The van der Waals surface area contributed by atoms with Gasteiger partial charge in [-0.1, -0.05) is 0 Å². The van der Waals surface area contributed by atoms with Crippen LogP contribution in [0, 0.1) is 17.6 Å². The first-order chi connectivity index (χ1) is 13.5. The number of ether oxygens (including phenoxy) is 1. The fourth-order valence-corrected chi connectivity index (χ4v) is 4.65. The highest BCUT2D eigenvalue weighted by Crippen LogP contribution is 2.31. The molecule has 0 spiro atoms. The number of likely N-dealkylation sites (N-methyl/N-ethyl adjacent to an activating group) is 1. The third kappa shape index (κ3) is 5.00. The highest BCUT2D eigenvalue weighted by Gasteiger charge is 2.34. The van der Waals surface area contributed by atoms with Crippen LogP contribution in [0.5, 0.6) is 5.75 Å². The molecule has 2 fully saturated rings. The van der Waals surface area contributed by atoms with E-state index in [4.69, 9.17) is 4.74 Å². The number of rotatable bonds is 7. The lowest BCUT2D eigenvalue weighted by Crippen LogP contribution is -2.56. The van der Waals surface area contributed by atoms with Gasteiger partial charge in [-0.15, -0.1) is 0 Å². The number of halogens is 2. The molecule has 2 aliphatic rings. The van der Waals surface area contributed by atoms with Crippen LogP contribution in [0.25, 0.3) is 0 Å². The van der Waals surface area contributed by atoms with Crippen molar-refractivity contribution in [3.05, 3.63) is 29.3 Å². The summed E-state index contributed by atoms with van der Waals surface area (Å²) in [4.78, 5) is 7.14. The fourth-order valence-electron chi connectivity index (χ4n) is 4.65. The molecule has 158 valence electrons. The summed E-state index contributed by atoms with van der Waals surface area (Å²) in [6.45, 7) is 6.53. The molecule has 0 amide bonds. The molecule has 5 nitrogen and oxygen atoms in total. The summed E-state index contributed by atoms with van der Waals surface area (Å²) in [7, 11) is 3.64. The number of benzene rings is 1. The Bertz CT molecular complexity index is 638. The molecular weight excluding hydrogens is 364 g/mol. The van der Waals surface area contributed by atoms with Gasteiger partial charge in [-0.05, 0) is 44.4 Å². The van der Waals surface area contributed by atoms with E-state index in [1.807, 2.05) is 0 Å². The molecule has 0 aliphatic carbocycles. The normalized spacial score (nSPS) is 25.2. The Morgan fingerprint density at radius 2 is 1.89 bits per heavy atom. The van der Waals surface area contributed by atoms with Crippen molar-refractivity contribution < 1.29 is 18.6 Å². The molecule has 2 heterocycles. The lowest BCUT2D eigenvalue weighted by Gasteiger charge is -2.46. The summed E-state index contributed by atoms with van der Waals surface area (Å²) in [6.07, 6.45) is 2.74. The Hall–Kier alpha value is -1.28. The fraction of sp³-hybridized carbons (Fsp3) is 0.714. The van der Waals surface area contributed by atoms with Crippen molar-refractivity contribution in [2.75, 3.05) is 60.0 Å². The van der Waals surface area contributed by atoms with Gasteiger partial charge in [-0.25, -0.2) is 8.78 Å². The number of aliphatic hydroxyl groups excluding tert-OH is 1. The van der Waals surface area contributed by atoms with Crippen LogP contribution in [-0.2, 0) is 6.54 Å². The first-order valence-electron chi connectivity index (χ1n) is 10.3. The minimum absolute atomic E-state index is 0.193. The van der Waals surface area contributed by atoms with Crippen molar-refractivity contribution in [3.63, 3.8) is 0 Å². The second kappa shape index (κ2) is 9.96. The zero-order valence-corrected chi connectivity index (χ0v) is 17.0. The smallest absolute Gasteiger partial charge is 0.167 e. The van der Waals surface area contributed by atoms with Crippen LogP contribution in [0.4, 0.5) is 8.78 Å². The maximum absolute atomic E-state index is 14.4. The van der Waals surface area contributed by atoms with Gasteiger partial charge in [0.15, 0.2) is 11.6 Å². The molecule has 1 N–H and O–H groups in total. The Kier molecular flexibility index (Phi) is 7.62. The molecule has 0 aromatic heterocycles. The van der Waals surface area contributed by atoms with Crippen molar-refractivity contribution in [2.24, 2.45) is 5.92 Å². The number of hydrogen-bond acceptors (Lipinski definition) is 5. The lowest BCUT2D eigenvalue weighted by molar-refractivity contribution is 0.0207. The van der Waals surface area contributed by atoms with Gasteiger partial charge in [-0.2, -0.15) is 0 Å². The van der Waals surface area contributed by atoms with Crippen molar-refractivity contribution in [1.29, 1.82) is 0 Å². The molecule has 2 aliphatic heterocycles. The van der Waals surface area contributed by atoms with Crippen LogP contribution in [0.15, 0.2) is 12.1 Å². The van der Waals surface area contributed by atoms with Gasteiger partial charge in [0.05, 0.1) is 7.11 Å². The standard InChI is InChI=1S/C21H33F2N3O2/c1-24-9-11-26(12-10-24)19-7-8-25(14-16(19)4-3-13-27)15-17-20(28-2)6-5-18(22)21(17)23/h5-6,16,19,27H,3-4,7-15H2,1-2H3/t16-,19+/m1/s1. The molecule has 28 heavy (non-hydrogen) atoms. The maximum Gasteiger partial charge on any atom is 0.167 e. The molecule has 0 saturated carbocycles. The highest BCUT2D eigenvalue weighted by atomic mass is 19.2. The van der Waals surface area contributed by atoms with E-state index in [9.17, 15) is 13.9 Å². The van der Waals surface area contributed by atoms with Gasteiger partial charge in [0.1, 0.15) is 5.75 Å². The molecule has 0 unspecified atom stereocenters. The lowest BCUT2D eigenvalue weighted by atomic mass is 9.86. The van der Waals surface area contributed by atoms with Crippen molar-refractivity contribution in [3.8, 4) is 5.75 Å². The molecule has 0 bridgehead atoms. The highest BCUT2D eigenvalue weighted by molar-refractivity contribution is 5.35. The zero-order valence-electron chi connectivity index (χ0n) is 17.0. The molecule has 7 heteroatoms. The molecule has 2 atom stereocenters. The number of hydrogen-bond donors (Lipinski definition) is 1. The summed E-state index contributed by atoms with van der Waals surface area (Å²) in [5.41, 5.74) is 0.293. The Labute approximate surface area is 166 Å². The summed E-state index contributed by atoms with van der Waals surface area (Å²) < 4.78 is 33.4. The van der Waals surface area contributed by atoms with Gasteiger partial charge in [0.25, 0.3) is 0 Å². The number of nitrogens with zero attached hydrogens (tertiary/aromatic N) is 3. The summed E-state index contributed by atoms with van der Waals surface area (Å²) in [6, 6.07) is 3.10. The quantitative estimate of drug-likeness (QED) is 0.764. The zero-order chi connectivity index (χ0) is 20.1. The molecule has 2 saturated heterocycles. The van der Waals surface area contributed by atoms with Crippen LogP contribution >= 0.6 is 0 Å². The number of piperazine rings is 1. The Balaban J connectivity index is 1.70. The SMILES string of the molecule is COc1ccc(F)c(F)c1CN1CC[C@H](N2CCN(C)CC2)[C@H](CCCO)C1.